The maximum Gasteiger partial charge on any atom is 0.135 e. The summed E-state index contributed by atoms with van der Waals surface area (Å²) in [6.07, 6.45) is 1.65. The monoisotopic (exact) mass is 355 g/mol. The van der Waals surface area contributed by atoms with Gasteiger partial charge in [-0.2, -0.15) is 10.4 Å². The predicted octanol–water partition coefficient (Wildman–Crippen LogP) is 4.58. The van der Waals surface area contributed by atoms with Crippen LogP contribution in [0.3, 0.4) is 0 Å². The van der Waals surface area contributed by atoms with E-state index in [1.54, 1.807) is 10.9 Å². The van der Waals surface area contributed by atoms with Crippen molar-refractivity contribution in [2.75, 3.05) is 5.32 Å². The predicted molar refractivity (Wildman–Crippen MR) is 97.4 cm³/mol. The van der Waals surface area contributed by atoms with Crippen molar-refractivity contribution in [3.05, 3.63) is 63.3 Å². The summed E-state index contributed by atoms with van der Waals surface area (Å²) in [5.41, 5.74) is 3.07. The van der Waals surface area contributed by atoms with Gasteiger partial charge in [0.1, 0.15) is 22.5 Å². The maximum atomic E-state index is 9.36. The third-order valence-electron chi connectivity index (χ3n) is 3.22. The van der Waals surface area contributed by atoms with Crippen LogP contribution in [0.2, 0.25) is 5.02 Å². The molecule has 0 unspecified atom stereocenters. The highest BCUT2D eigenvalue weighted by Crippen LogP contribution is 2.22. The molecule has 3 rings (SSSR count). The highest BCUT2D eigenvalue weighted by Gasteiger charge is 2.09. The van der Waals surface area contributed by atoms with Crippen LogP contribution in [0.15, 0.2) is 41.9 Å². The number of halogens is 1. The number of anilines is 1. The molecule has 2 heterocycles. The summed E-state index contributed by atoms with van der Waals surface area (Å²) in [6.45, 7) is 3.81. The van der Waals surface area contributed by atoms with Gasteiger partial charge in [-0.3, -0.25) is 0 Å². The van der Waals surface area contributed by atoms with Gasteiger partial charge in [-0.05, 0) is 32.0 Å². The Kier molecular flexibility index (Phi) is 4.65. The van der Waals surface area contributed by atoms with Gasteiger partial charge in [0.15, 0.2) is 0 Å². The number of nitrogens with one attached hydrogen (secondary N) is 1. The minimum Gasteiger partial charge on any atom is -0.345 e. The van der Waals surface area contributed by atoms with E-state index in [1.807, 2.05) is 49.6 Å². The Morgan fingerprint density at radius 3 is 2.83 bits per heavy atom. The van der Waals surface area contributed by atoms with Crippen LogP contribution in [-0.2, 0) is 0 Å². The van der Waals surface area contributed by atoms with Gasteiger partial charge in [-0.25, -0.2) is 9.67 Å². The average Bonchev–Trinajstić information content (AvgIpc) is 3.14. The third kappa shape index (κ3) is 3.48. The van der Waals surface area contributed by atoms with Crippen molar-refractivity contribution in [2.45, 2.75) is 13.8 Å². The lowest BCUT2D eigenvalue weighted by Crippen LogP contribution is -2.02. The van der Waals surface area contributed by atoms with E-state index in [1.165, 1.54) is 11.3 Å². The largest absolute Gasteiger partial charge is 0.345 e. The van der Waals surface area contributed by atoms with Crippen LogP contribution in [-0.4, -0.2) is 14.8 Å². The number of aryl methyl sites for hydroxylation is 2. The number of benzene rings is 1. The minimum atomic E-state index is 0.476. The molecule has 7 heteroatoms. The molecule has 0 aliphatic heterocycles. The van der Waals surface area contributed by atoms with Crippen LogP contribution in [0.1, 0.15) is 16.4 Å². The smallest absolute Gasteiger partial charge is 0.135 e. The highest BCUT2D eigenvalue weighted by molar-refractivity contribution is 7.10. The lowest BCUT2D eigenvalue weighted by Gasteiger charge is -2.07. The summed E-state index contributed by atoms with van der Waals surface area (Å²) in [5, 5.41) is 20.2. The Hall–Kier alpha value is -2.62. The summed E-state index contributed by atoms with van der Waals surface area (Å²) in [5.74, 6) is 0.746. The third-order valence-corrected chi connectivity index (χ3v) is 4.45. The number of allylic oxidation sites excluding steroid dienone is 1. The Bertz CT molecular complexity index is 948. The fourth-order valence-corrected chi connectivity index (χ4v) is 3.12. The summed E-state index contributed by atoms with van der Waals surface area (Å²) in [4.78, 5) is 4.34. The Balaban J connectivity index is 1.93. The normalized spacial score (nSPS) is 11.3. The first-order valence-electron chi connectivity index (χ1n) is 7.19. The van der Waals surface area contributed by atoms with E-state index in [-0.39, 0.29) is 0 Å². The molecule has 0 amide bonds. The number of thiazole rings is 1. The molecule has 0 spiro atoms. The average molecular weight is 356 g/mol. The van der Waals surface area contributed by atoms with Crippen LogP contribution in [0.5, 0.6) is 0 Å². The van der Waals surface area contributed by atoms with Crippen molar-refractivity contribution < 1.29 is 0 Å². The molecule has 0 aliphatic rings. The molecule has 1 aromatic carbocycles. The van der Waals surface area contributed by atoms with E-state index < -0.39 is 0 Å². The topological polar surface area (TPSA) is 66.5 Å². The number of hydrogen-bond donors (Lipinski definition) is 1. The van der Waals surface area contributed by atoms with Crippen LogP contribution in [0.4, 0.5) is 5.82 Å². The van der Waals surface area contributed by atoms with Crippen LogP contribution in [0.25, 0.3) is 11.3 Å². The van der Waals surface area contributed by atoms with Crippen molar-refractivity contribution in [2.24, 2.45) is 0 Å². The zero-order valence-electron chi connectivity index (χ0n) is 13.1. The molecule has 0 radical (unpaired) electrons. The zero-order chi connectivity index (χ0) is 17.1. The Morgan fingerprint density at radius 1 is 1.33 bits per heavy atom. The molecular weight excluding hydrogens is 342 g/mol. The van der Waals surface area contributed by atoms with Gasteiger partial charge in [-0.1, -0.05) is 17.7 Å². The molecule has 0 saturated carbocycles. The molecule has 1 N–H and O–H groups in total. The van der Waals surface area contributed by atoms with Gasteiger partial charge in [-0.15, -0.1) is 11.3 Å². The minimum absolute atomic E-state index is 0.476. The molecular formula is C17H14ClN5S. The lowest BCUT2D eigenvalue weighted by molar-refractivity contribution is 0.869. The van der Waals surface area contributed by atoms with Crippen molar-refractivity contribution in [3.8, 4) is 11.8 Å². The summed E-state index contributed by atoms with van der Waals surface area (Å²) in [6, 6.07) is 11.5. The van der Waals surface area contributed by atoms with Crippen LogP contribution < -0.4 is 5.32 Å². The SMILES string of the molecule is Cc1csc(/C(C#N)=C/Nc2cc(C)nn2-c2cccc(Cl)c2)n1. The van der Waals surface area contributed by atoms with Crippen LogP contribution >= 0.6 is 22.9 Å². The Labute approximate surface area is 148 Å². The molecule has 24 heavy (non-hydrogen) atoms. The standard InChI is InChI=1S/C17H14ClN5S/c1-11-6-16(23(22-11)15-5-3-4-14(18)7-15)20-9-13(8-19)17-21-12(2)10-24-17/h3-7,9-10,20H,1-2H3/b13-9+. The quantitative estimate of drug-likeness (QED) is 0.696. The molecule has 5 nitrogen and oxygen atoms in total. The fraction of sp³-hybridized carbons (Fsp3) is 0.118. The van der Waals surface area contributed by atoms with E-state index in [4.69, 9.17) is 11.6 Å². The van der Waals surface area contributed by atoms with Gasteiger partial charge in [0.25, 0.3) is 0 Å². The van der Waals surface area contributed by atoms with E-state index >= 15 is 0 Å². The van der Waals surface area contributed by atoms with Gasteiger partial charge in [0.2, 0.25) is 0 Å². The van der Waals surface area contributed by atoms with Gasteiger partial charge < -0.3 is 5.32 Å². The fourth-order valence-electron chi connectivity index (χ4n) is 2.17. The number of rotatable bonds is 4. The van der Waals surface area contributed by atoms with Crippen LogP contribution in [0, 0.1) is 25.2 Å². The number of nitrogens with zero attached hydrogens (tertiary/aromatic N) is 4. The van der Waals surface area contributed by atoms with Crippen molar-refractivity contribution >= 4 is 34.3 Å². The van der Waals surface area contributed by atoms with E-state index in [0.29, 0.717) is 15.6 Å². The molecule has 0 atom stereocenters. The number of hydrogen-bond acceptors (Lipinski definition) is 5. The molecule has 0 aliphatic carbocycles. The highest BCUT2D eigenvalue weighted by atomic mass is 35.5. The van der Waals surface area contributed by atoms with Gasteiger partial charge in [0.05, 0.1) is 11.4 Å². The molecule has 0 bridgehead atoms. The molecule has 0 fully saturated rings. The van der Waals surface area contributed by atoms with Crippen molar-refractivity contribution in [1.82, 2.24) is 14.8 Å². The first-order chi connectivity index (χ1) is 11.6. The molecule has 2 aromatic heterocycles. The molecule has 0 saturated heterocycles. The first-order valence-corrected chi connectivity index (χ1v) is 8.44. The van der Waals surface area contributed by atoms with E-state index in [2.05, 4.69) is 21.5 Å². The second-order valence-electron chi connectivity index (χ2n) is 5.17. The van der Waals surface area contributed by atoms with E-state index in [0.717, 1.165) is 22.9 Å². The summed E-state index contributed by atoms with van der Waals surface area (Å²) < 4.78 is 1.75. The van der Waals surface area contributed by atoms with E-state index in [9.17, 15) is 5.26 Å². The zero-order valence-corrected chi connectivity index (χ0v) is 14.7. The maximum absolute atomic E-state index is 9.36. The molecule has 120 valence electrons. The second kappa shape index (κ2) is 6.87. The first kappa shape index (κ1) is 16.2. The lowest BCUT2D eigenvalue weighted by atomic mass is 10.3. The molecule has 3 aromatic rings. The second-order valence-corrected chi connectivity index (χ2v) is 6.47. The van der Waals surface area contributed by atoms with Gasteiger partial charge >= 0.3 is 0 Å². The van der Waals surface area contributed by atoms with Gasteiger partial charge in [0, 0.05) is 28.4 Å². The van der Waals surface area contributed by atoms with Crippen molar-refractivity contribution in [3.63, 3.8) is 0 Å². The Morgan fingerprint density at radius 2 is 2.17 bits per heavy atom. The summed E-state index contributed by atoms with van der Waals surface area (Å²) >= 11 is 7.51. The summed E-state index contributed by atoms with van der Waals surface area (Å²) in [7, 11) is 0. The number of aromatic nitrogens is 3. The van der Waals surface area contributed by atoms with Crippen molar-refractivity contribution in [1.29, 1.82) is 5.26 Å². The number of nitriles is 1.